The number of aromatic hydroxyl groups is 1. The number of hydrogen-bond donors (Lipinski definition) is 6. The zero-order chi connectivity index (χ0) is 25.4. The number of nitrogens with zero attached hydrogens (tertiary/aromatic N) is 1. The highest BCUT2D eigenvalue weighted by atomic mass is 16.4. The van der Waals surface area contributed by atoms with E-state index in [0.29, 0.717) is 12.0 Å². The summed E-state index contributed by atoms with van der Waals surface area (Å²) in [6.07, 6.45) is 0.0453. The number of phenols is 1. The Morgan fingerprint density at radius 3 is 2.24 bits per heavy atom. The van der Waals surface area contributed by atoms with Crippen LogP contribution in [0.4, 0.5) is 0 Å². The van der Waals surface area contributed by atoms with Gasteiger partial charge in [0.05, 0.1) is 6.04 Å². The van der Waals surface area contributed by atoms with Crippen molar-refractivity contribution in [1.82, 2.24) is 15.5 Å². The van der Waals surface area contributed by atoms with E-state index in [1.165, 1.54) is 19.1 Å². The van der Waals surface area contributed by atoms with Gasteiger partial charge >= 0.3 is 11.9 Å². The van der Waals surface area contributed by atoms with Gasteiger partial charge < -0.3 is 36.6 Å². The molecule has 3 amide bonds. The monoisotopic (exact) mass is 478 g/mol. The average molecular weight is 479 g/mol. The van der Waals surface area contributed by atoms with Gasteiger partial charge in [-0.2, -0.15) is 0 Å². The molecule has 0 saturated carbocycles. The Kier molecular flexibility index (Phi) is 9.36. The van der Waals surface area contributed by atoms with Gasteiger partial charge in [-0.1, -0.05) is 12.1 Å². The molecule has 1 fully saturated rings. The zero-order valence-electron chi connectivity index (χ0n) is 18.8. The van der Waals surface area contributed by atoms with Crippen LogP contribution in [0.2, 0.25) is 0 Å². The van der Waals surface area contributed by atoms with Crippen molar-refractivity contribution in [3.8, 4) is 5.75 Å². The summed E-state index contributed by atoms with van der Waals surface area (Å²) in [6, 6.07) is 1.52. The lowest BCUT2D eigenvalue weighted by Crippen LogP contribution is -2.57. The fraction of sp³-hybridized carbons (Fsp3) is 0.500. The van der Waals surface area contributed by atoms with Crippen LogP contribution < -0.4 is 16.4 Å². The van der Waals surface area contributed by atoms with Gasteiger partial charge in [0.25, 0.3) is 0 Å². The Hall–Kier alpha value is -3.67. The number of rotatable bonds is 11. The molecule has 1 aromatic carbocycles. The lowest BCUT2D eigenvalue weighted by atomic mass is 10.0. The Morgan fingerprint density at radius 2 is 1.68 bits per heavy atom. The fourth-order valence-electron chi connectivity index (χ4n) is 3.67. The molecule has 4 atom stereocenters. The quantitative estimate of drug-likeness (QED) is 0.235. The maximum Gasteiger partial charge on any atom is 0.326 e. The Morgan fingerprint density at radius 1 is 1.06 bits per heavy atom. The van der Waals surface area contributed by atoms with Crippen LogP contribution in [0.5, 0.6) is 5.75 Å². The number of carboxylic acids is 2. The molecular weight excluding hydrogens is 448 g/mol. The molecule has 0 spiro atoms. The summed E-state index contributed by atoms with van der Waals surface area (Å²) in [5, 5.41) is 32.9. The van der Waals surface area contributed by atoms with E-state index >= 15 is 0 Å². The Bertz CT molecular complexity index is 918. The molecular formula is C22H30N4O8. The third-order valence-corrected chi connectivity index (χ3v) is 5.51. The van der Waals surface area contributed by atoms with Crippen molar-refractivity contribution in [1.29, 1.82) is 0 Å². The van der Waals surface area contributed by atoms with E-state index in [2.05, 4.69) is 10.6 Å². The fourth-order valence-corrected chi connectivity index (χ4v) is 3.67. The normalized spacial score (nSPS) is 17.9. The molecule has 12 heteroatoms. The summed E-state index contributed by atoms with van der Waals surface area (Å²) in [5.41, 5.74) is 6.19. The summed E-state index contributed by atoms with van der Waals surface area (Å²) in [6.45, 7) is 1.61. The second-order valence-corrected chi connectivity index (χ2v) is 8.24. The first-order valence-electron chi connectivity index (χ1n) is 10.9. The number of benzene rings is 1. The third kappa shape index (κ3) is 7.44. The first-order valence-corrected chi connectivity index (χ1v) is 10.9. The largest absolute Gasteiger partial charge is 0.508 e. The smallest absolute Gasteiger partial charge is 0.326 e. The highest BCUT2D eigenvalue weighted by molar-refractivity contribution is 5.94. The molecule has 1 aromatic rings. The number of nitrogens with one attached hydrogen (secondary N) is 2. The first kappa shape index (κ1) is 26.6. The van der Waals surface area contributed by atoms with Gasteiger partial charge in [0, 0.05) is 19.4 Å². The summed E-state index contributed by atoms with van der Waals surface area (Å²) in [7, 11) is 0. The lowest BCUT2D eigenvalue weighted by molar-refractivity contribution is -0.150. The average Bonchev–Trinajstić information content (AvgIpc) is 3.27. The molecule has 1 saturated heterocycles. The van der Waals surface area contributed by atoms with Crippen molar-refractivity contribution in [3.05, 3.63) is 29.8 Å². The minimum absolute atomic E-state index is 0.00583. The Balaban J connectivity index is 2.24. The number of nitrogens with two attached hydrogens (primary N) is 1. The highest BCUT2D eigenvalue weighted by Crippen LogP contribution is 2.20. The lowest BCUT2D eigenvalue weighted by Gasteiger charge is -2.28. The standard InChI is InChI=1S/C22H30N4O8/c1-12(23)19(30)25-16(11-13-4-6-14(27)7-5-13)20(31)24-15(8-9-18(28)29)21(32)26-10-2-3-17(26)22(33)34/h4-7,12,15-17,27H,2-3,8-11,23H2,1H3,(H,24,31)(H,25,30)(H,28,29)(H,33,34). The number of carbonyl (C=O) groups is 5. The number of carbonyl (C=O) groups excluding carboxylic acids is 3. The van der Waals surface area contributed by atoms with Crippen LogP contribution in [0.25, 0.3) is 0 Å². The van der Waals surface area contributed by atoms with Crippen LogP contribution in [0.15, 0.2) is 24.3 Å². The number of phenolic OH excluding ortho intramolecular Hbond substituents is 1. The summed E-state index contributed by atoms with van der Waals surface area (Å²) in [4.78, 5) is 62.1. The summed E-state index contributed by atoms with van der Waals surface area (Å²) in [5.74, 6) is -4.41. The van der Waals surface area contributed by atoms with E-state index < -0.39 is 60.2 Å². The van der Waals surface area contributed by atoms with Crippen LogP contribution >= 0.6 is 0 Å². The second-order valence-electron chi connectivity index (χ2n) is 8.24. The van der Waals surface area contributed by atoms with E-state index in [1.54, 1.807) is 12.1 Å². The van der Waals surface area contributed by atoms with Gasteiger partial charge in [-0.05, 0) is 43.9 Å². The maximum absolute atomic E-state index is 13.1. The molecule has 2 rings (SSSR count). The third-order valence-electron chi connectivity index (χ3n) is 5.51. The molecule has 0 radical (unpaired) electrons. The van der Waals surface area contributed by atoms with E-state index in [4.69, 9.17) is 10.8 Å². The van der Waals surface area contributed by atoms with Gasteiger partial charge in [-0.3, -0.25) is 19.2 Å². The number of carboxylic acid groups (broad SMARTS) is 2. The molecule has 186 valence electrons. The van der Waals surface area contributed by atoms with E-state index in [0.717, 1.165) is 4.90 Å². The molecule has 1 aliphatic rings. The van der Waals surface area contributed by atoms with Crippen molar-refractivity contribution in [3.63, 3.8) is 0 Å². The minimum atomic E-state index is -1.29. The van der Waals surface area contributed by atoms with E-state index in [-0.39, 0.29) is 31.6 Å². The molecule has 1 heterocycles. The van der Waals surface area contributed by atoms with Crippen molar-refractivity contribution in [2.45, 2.75) is 63.2 Å². The van der Waals surface area contributed by atoms with Crippen molar-refractivity contribution >= 4 is 29.7 Å². The number of hydrogen-bond acceptors (Lipinski definition) is 7. The molecule has 12 nitrogen and oxygen atoms in total. The molecule has 7 N–H and O–H groups in total. The van der Waals surface area contributed by atoms with E-state index in [9.17, 15) is 34.2 Å². The molecule has 0 aliphatic carbocycles. The zero-order valence-corrected chi connectivity index (χ0v) is 18.8. The predicted molar refractivity (Wildman–Crippen MR) is 119 cm³/mol. The Labute approximate surface area is 196 Å². The number of aliphatic carboxylic acids is 2. The van der Waals surface area contributed by atoms with Crippen LogP contribution in [0, 0.1) is 0 Å². The van der Waals surface area contributed by atoms with Gasteiger partial charge in [-0.25, -0.2) is 4.79 Å². The molecule has 34 heavy (non-hydrogen) atoms. The minimum Gasteiger partial charge on any atom is -0.508 e. The van der Waals surface area contributed by atoms with Crippen molar-refractivity contribution < 1.29 is 39.3 Å². The number of amides is 3. The second kappa shape index (κ2) is 12.0. The maximum atomic E-state index is 13.1. The van der Waals surface area contributed by atoms with Crippen LogP contribution in [-0.4, -0.2) is 80.6 Å². The molecule has 0 bridgehead atoms. The van der Waals surface area contributed by atoms with Gasteiger partial charge in [0.1, 0.15) is 23.9 Å². The first-order chi connectivity index (χ1) is 16.0. The summed E-state index contributed by atoms with van der Waals surface area (Å²) >= 11 is 0. The van der Waals surface area contributed by atoms with E-state index in [1.807, 2.05) is 0 Å². The topological polar surface area (TPSA) is 199 Å². The van der Waals surface area contributed by atoms with Gasteiger partial charge in [0.2, 0.25) is 17.7 Å². The number of likely N-dealkylation sites (tertiary alicyclic amines) is 1. The van der Waals surface area contributed by atoms with Crippen LogP contribution in [0.1, 0.15) is 38.2 Å². The molecule has 1 aliphatic heterocycles. The summed E-state index contributed by atoms with van der Waals surface area (Å²) < 4.78 is 0. The van der Waals surface area contributed by atoms with Crippen LogP contribution in [-0.2, 0) is 30.4 Å². The molecule has 0 aromatic heterocycles. The SMILES string of the molecule is CC(N)C(=O)NC(Cc1ccc(O)cc1)C(=O)NC(CCC(=O)O)C(=O)N1CCCC1C(=O)O. The highest BCUT2D eigenvalue weighted by Gasteiger charge is 2.38. The van der Waals surface area contributed by atoms with Gasteiger partial charge in [0.15, 0.2) is 0 Å². The van der Waals surface area contributed by atoms with Crippen molar-refractivity contribution in [2.75, 3.05) is 6.54 Å². The molecule has 4 unspecified atom stereocenters. The van der Waals surface area contributed by atoms with Gasteiger partial charge in [-0.15, -0.1) is 0 Å². The van der Waals surface area contributed by atoms with Crippen LogP contribution in [0.3, 0.4) is 0 Å². The van der Waals surface area contributed by atoms with Crippen molar-refractivity contribution in [2.24, 2.45) is 5.73 Å². The predicted octanol–water partition coefficient (Wildman–Crippen LogP) is -0.808.